The fourth-order valence-electron chi connectivity index (χ4n) is 1.63. The van der Waals surface area contributed by atoms with Crippen molar-refractivity contribution < 1.29 is 9.53 Å². The highest BCUT2D eigenvalue weighted by Gasteiger charge is 2.04. The fraction of sp³-hybridized carbons (Fsp3) is 0.267. The molecule has 4 nitrogen and oxygen atoms in total. The van der Waals surface area contributed by atoms with Crippen molar-refractivity contribution in [2.24, 2.45) is 0 Å². The molecule has 0 aliphatic rings. The summed E-state index contributed by atoms with van der Waals surface area (Å²) in [6.45, 7) is 2.36. The third-order valence-electron chi connectivity index (χ3n) is 2.70. The summed E-state index contributed by atoms with van der Waals surface area (Å²) in [4.78, 5) is 19.7. The number of rotatable bonds is 6. The number of aromatic nitrogens is 2. The number of carbonyl (C=O) groups is 1. The van der Waals surface area contributed by atoms with Crippen LogP contribution in [0.15, 0.2) is 42.7 Å². The Morgan fingerprint density at radius 2 is 2.11 bits per heavy atom. The van der Waals surface area contributed by atoms with Crippen LogP contribution in [0.25, 0.3) is 0 Å². The Bertz CT molecular complexity index is 524. The van der Waals surface area contributed by atoms with Gasteiger partial charge in [0.15, 0.2) is 5.78 Å². The Morgan fingerprint density at radius 1 is 1.21 bits per heavy atom. The summed E-state index contributed by atoms with van der Waals surface area (Å²) in [5, 5.41) is 0. The van der Waals surface area contributed by atoms with E-state index < -0.39 is 0 Å². The lowest BCUT2D eigenvalue weighted by Crippen LogP contribution is -2.04. The van der Waals surface area contributed by atoms with E-state index in [0.717, 1.165) is 12.1 Å². The van der Waals surface area contributed by atoms with E-state index in [1.165, 1.54) is 0 Å². The summed E-state index contributed by atoms with van der Waals surface area (Å²) in [5.41, 5.74) is 1.48. The van der Waals surface area contributed by atoms with Crippen molar-refractivity contribution in [1.29, 1.82) is 0 Å². The second-order valence-electron chi connectivity index (χ2n) is 4.08. The molecular weight excluding hydrogens is 240 g/mol. The van der Waals surface area contributed by atoms with Crippen LogP contribution in [0.4, 0.5) is 0 Å². The van der Waals surface area contributed by atoms with E-state index in [-0.39, 0.29) is 5.78 Å². The van der Waals surface area contributed by atoms with Gasteiger partial charge in [-0.1, -0.05) is 13.0 Å². The average molecular weight is 256 g/mol. The number of hydrogen-bond acceptors (Lipinski definition) is 4. The van der Waals surface area contributed by atoms with Crippen LogP contribution in [0, 0.1) is 0 Å². The van der Waals surface area contributed by atoms with Crippen LogP contribution in [-0.2, 0) is 6.42 Å². The van der Waals surface area contributed by atoms with Gasteiger partial charge in [0.1, 0.15) is 11.4 Å². The maximum absolute atomic E-state index is 11.4. The topological polar surface area (TPSA) is 52.1 Å². The zero-order chi connectivity index (χ0) is 13.5. The number of pyridine rings is 2. The number of Topliss-reactive ketones (excluding diaryl/α,β-unsaturated/α-hetero) is 1. The van der Waals surface area contributed by atoms with Crippen LogP contribution in [0.3, 0.4) is 0 Å². The minimum atomic E-state index is 0.0417. The van der Waals surface area contributed by atoms with E-state index in [9.17, 15) is 4.79 Å². The Morgan fingerprint density at radius 3 is 2.74 bits per heavy atom. The lowest BCUT2D eigenvalue weighted by Gasteiger charge is -2.05. The normalized spacial score (nSPS) is 10.2. The van der Waals surface area contributed by atoms with E-state index in [2.05, 4.69) is 9.97 Å². The van der Waals surface area contributed by atoms with Crippen molar-refractivity contribution in [2.45, 2.75) is 19.8 Å². The smallest absolute Gasteiger partial charge is 0.180 e. The van der Waals surface area contributed by atoms with Gasteiger partial charge >= 0.3 is 0 Å². The molecule has 0 fully saturated rings. The molecule has 2 aromatic heterocycles. The maximum atomic E-state index is 11.4. The molecule has 0 saturated carbocycles. The molecule has 0 atom stereocenters. The van der Waals surface area contributed by atoms with Gasteiger partial charge < -0.3 is 4.74 Å². The van der Waals surface area contributed by atoms with Crippen molar-refractivity contribution in [3.63, 3.8) is 0 Å². The number of nitrogens with zero attached hydrogens (tertiary/aromatic N) is 2. The van der Waals surface area contributed by atoms with Crippen LogP contribution in [0.1, 0.15) is 29.5 Å². The predicted octanol–water partition coefficient (Wildman–Crippen LogP) is 2.69. The van der Waals surface area contributed by atoms with Crippen molar-refractivity contribution in [3.8, 4) is 5.75 Å². The zero-order valence-electron chi connectivity index (χ0n) is 10.9. The summed E-state index contributed by atoms with van der Waals surface area (Å²) in [6.07, 6.45) is 4.56. The Kier molecular flexibility index (Phi) is 4.61. The molecular formula is C15H16N2O2. The lowest BCUT2D eigenvalue weighted by molar-refractivity contribution is 0.0983. The van der Waals surface area contributed by atoms with Gasteiger partial charge in [0.25, 0.3) is 0 Å². The average Bonchev–Trinajstić information content (AvgIpc) is 2.48. The molecule has 0 bridgehead atoms. The third-order valence-corrected chi connectivity index (χ3v) is 2.70. The molecule has 19 heavy (non-hydrogen) atoms. The highest BCUT2D eigenvalue weighted by atomic mass is 16.5. The van der Waals surface area contributed by atoms with Gasteiger partial charge in [0.2, 0.25) is 0 Å². The predicted molar refractivity (Wildman–Crippen MR) is 72.3 cm³/mol. The lowest BCUT2D eigenvalue weighted by atomic mass is 10.2. The molecule has 2 rings (SSSR count). The molecule has 2 aromatic rings. The number of ketones is 1. The van der Waals surface area contributed by atoms with Gasteiger partial charge in [-0.15, -0.1) is 0 Å². The molecule has 0 radical (unpaired) electrons. The maximum Gasteiger partial charge on any atom is 0.180 e. The van der Waals surface area contributed by atoms with Crippen LogP contribution < -0.4 is 4.74 Å². The highest BCUT2D eigenvalue weighted by Crippen LogP contribution is 2.10. The largest absolute Gasteiger partial charge is 0.492 e. The summed E-state index contributed by atoms with van der Waals surface area (Å²) < 4.78 is 5.56. The Balaban J connectivity index is 1.85. The number of ether oxygens (including phenoxy) is 1. The molecule has 98 valence electrons. The first-order valence-corrected chi connectivity index (χ1v) is 6.31. The number of hydrogen-bond donors (Lipinski definition) is 0. The summed E-state index contributed by atoms with van der Waals surface area (Å²) in [7, 11) is 0. The van der Waals surface area contributed by atoms with Crippen molar-refractivity contribution >= 4 is 5.78 Å². The molecule has 0 aliphatic carbocycles. The van der Waals surface area contributed by atoms with E-state index in [4.69, 9.17) is 4.74 Å². The second kappa shape index (κ2) is 6.64. The molecule has 0 aliphatic heterocycles. The van der Waals surface area contributed by atoms with E-state index >= 15 is 0 Å². The van der Waals surface area contributed by atoms with Crippen LogP contribution in [0.2, 0.25) is 0 Å². The van der Waals surface area contributed by atoms with Crippen LogP contribution >= 0.6 is 0 Å². The van der Waals surface area contributed by atoms with Crippen molar-refractivity contribution in [2.75, 3.05) is 6.61 Å². The van der Waals surface area contributed by atoms with Gasteiger partial charge in [-0.2, -0.15) is 0 Å². The van der Waals surface area contributed by atoms with Crippen LogP contribution in [-0.4, -0.2) is 22.4 Å². The van der Waals surface area contributed by atoms with E-state index in [0.29, 0.717) is 24.5 Å². The van der Waals surface area contributed by atoms with Gasteiger partial charge in [0, 0.05) is 24.7 Å². The van der Waals surface area contributed by atoms with E-state index in [1.54, 1.807) is 24.5 Å². The molecule has 0 N–H and O–H groups in total. The van der Waals surface area contributed by atoms with Gasteiger partial charge in [-0.25, -0.2) is 4.98 Å². The Hall–Kier alpha value is -2.23. The monoisotopic (exact) mass is 256 g/mol. The first kappa shape index (κ1) is 13.2. The first-order chi connectivity index (χ1) is 9.29. The molecule has 0 unspecified atom stereocenters. The quantitative estimate of drug-likeness (QED) is 0.746. The fourth-order valence-corrected chi connectivity index (χ4v) is 1.63. The van der Waals surface area contributed by atoms with Gasteiger partial charge in [-0.05, 0) is 24.3 Å². The molecule has 0 amide bonds. The van der Waals surface area contributed by atoms with Gasteiger partial charge in [-0.3, -0.25) is 9.78 Å². The summed E-state index contributed by atoms with van der Waals surface area (Å²) >= 11 is 0. The van der Waals surface area contributed by atoms with Crippen LogP contribution in [0.5, 0.6) is 5.75 Å². The number of carbonyl (C=O) groups excluding carboxylic acids is 1. The summed E-state index contributed by atoms with van der Waals surface area (Å²) in [5.74, 6) is 0.712. The SMILES string of the molecule is CCC(=O)c1ccc(OCCc2ccccn2)cn1. The molecule has 0 saturated heterocycles. The minimum absolute atomic E-state index is 0.0417. The van der Waals surface area contributed by atoms with E-state index in [1.807, 2.05) is 25.1 Å². The third kappa shape index (κ3) is 3.88. The molecule has 4 heteroatoms. The van der Waals surface area contributed by atoms with Crippen molar-refractivity contribution in [3.05, 3.63) is 54.1 Å². The molecule has 0 aromatic carbocycles. The zero-order valence-corrected chi connectivity index (χ0v) is 10.9. The Labute approximate surface area is 112 Å². The highest BCUT2D eigenvalue weighted by molar-refractivity contribution is 5.93. The summed E-state index contributed by atoms with van der Waals surface area (Å²) in [6, 6.07) is 9.27. The molecule has 2 heterocycles. The standard InChI is InChI=1S/C15H16N2O2/c1-2-15(18)14-7-6-13(11-17-14)19-10-8-12-5-3-4-9-16-12/h3-7,9,11H,2,8,10H2,1H3. The molecule has 0 spiro atoms. The second-order valence-corrected chi connectivity index (χ2v) is 4.08. The minimum Gasteiger partial charge on any atom is -0.492 e. The first-order valence-electron chi connectivity index (χ1n) is 6.31. The van der Waals surface area contributed by atoms with Crippen molar-refractivity contribution in [1.82, 2.24) is 9.97 Å². The van der Waals surface area contributed by atoms with Gasteiger partial charge in [0.05, 0.1) is 12.8 Å².